The molecule has 0 fully saturated rings. The summed E-state index contributed by atoms with van der Waals surface area (Å²) in [5, 5.41) is 9.51. The second-order valence-corrected chi connectivity index (χ2v) is 5.62. The van der Waals surface area contributed by atoms with Crippen LogP contribution >= 0.6 is 23.2 Å². The van der Waals surface area contributed by atoms with Crippen LogP contribution in [0.25, 0.3) is 0 Å². The standard InChI is InChI=1S/C15H13Cl2NO7/c1-23-14(21)8-5-25-6-18(12(8)15(22)24-2)11-4-10(17)9(16)3-7(11)13(19)20/h3-4H,5-6H2,1-2H3,(H,19,20). The van der Waals surface area contributed by atoms with E-state index in [0.29, 0.717) is 0 Å². The summed E-state index contributed by atoms with van der Waals surface area (Å²) in [7, 11) is 2.27. The van der Waals surface area contributed by atoms with Gasteiger partial charge in [-0.2, -0.15) is 0 Å². The Morgan fingerprint density at radius 2 is 1.72 bits per heavy atom. The number of benzene rings is 1. The van der Waals surface area contributed by atoms with Crippen molar-refractivity contribution in [2.24, 2.45) is 0 Å². The number of carboxylic acids is 1. The number of ether oxygens (including phenoxy) is 3. The molecular weight excluding hydrogens is 377 g/mol. The molecule has 0 amide bonds. The lowest BCUT2D eigenvalue weighted by atomic mass is 10.1. The number of carbonyl (C=O) groups is 3. The van der Waals surface area contributed by atoms with E-state index in [4.69, 9.17) is 32.7 Å². The van der Waals surface area contributed by atoms with Gasteiger partial charge in [-0.15, -0.1) is 0 Å². The van der Waals surface area contributed by atoms with Crippen LogP contribution in [0.15, 0.2) is 23.4 Å². The molecule has 0 saturated heterocycles. The quantitative estimate of drug-likeness (QED) is 0.780. The molecule has 0 radical (unpaired) electrons. The van der Waals surface area contributed by atoms with E-state index >= 15 is 0 Å². The van der Waals surface area contributed by atoms with E-state index in [0.717, 1.165) is 20.3 Å². The third-order valence-electron chi connectivity index (χ3n) is 3.39. The lowest BCUT2D eigenvalue weighted by Gasteiger charge is -2.32. The Labute approximate surface area is 152 Å². The first kappa shape index (κ1) is 19.0. The second kappa shape index (κ2) is 7.73. The summed E-state index contributed by atoms with van der Waals surface area (Å²) in [4.78, 5) is 36.9. The first-order chi connectivity index (χ1) is 11.8. The maximum absolute atomic E-state index is 12.2. The van der Waals surface area contributed by atoms with Crippen molar-refractivity contribution in [3.05, 3.63) is 39.0 Å². The molecule has 0 bridgehead atoms. The van der Waals surface area contributed by atoms with Gasteiger partial charge in [0.05, 0.1) is 47.7 Å². The Balaban J connectivity index is 2.72. The van der Waals surface area contributed by atoms with Crippen LogP contribution in [0, 0.1) is 0 Å². The van der Waals surface area contributed by atoms with Crippen molar-refractivity contribution in [1.29, 1.82) is 0 Å². The second-order valence-electron chi connectivity index (χ2n) is 4.80. The van der Waals surface area contributed by atoms with Crippen molar-refractivity contribution in [2.75, 3.05) is 32.5 Å². The van der Waals surface area contributed by atoms with E-state index in [9.17, 15) is 19.5 Å². The average molecular weight is 390 g/mol. The van der Waals surface area contributed by atoms with Crippen LogP contribution in [0.3, 0.4) is 0 Å². The summed E-state index contributed by atoms with van der Waals surface area (Å²) >= 11 is 11.9. The number of hydrogen-bond acceptors (Lipinski definition) is 7. The number of rotatable bonds is 4. The van der Waals surface area contributed by atoms with Gasteiger partial charge in [-0.3, -0.25) is 0 Å². The van der Waals surface area contributed by atoms with Crippen molar-refractivity contribution in [3.8, 4) is 0 Å². The number of anilines is 1. The topological polar surface area (TPSA) is 102 Å². The Hall–Kier alpha value is -2.29. The minimum absolute atomic E-state index is 0.0170. The van der Waals surface area contributed by atoms with Gasteiger partial charge in [-0.1, -0.05) is 23.2 Å². The van der Waals surface area contributed by atoms with Crippen molar-refractivity contribution in [1.82, 2.24) is 0 Å². The van der Waals surface area contributed by atoms with Gasteiger partial charge in [-0.05, 0) is 12.1 Å². The van der Waals surface area contributed by atoms with Crippen LogP contribution in [-0.2, 0) is 23.8 Å². The van der Waals surface area contributed by atoms with E-state index in [1.807, 2.05) is 0 Å². The van der Waals surface area contributed by atoms with E-state index in [1.165, 1.54) is 11.0 Å². The number of esters is 2. The summed E-state index contributed by atoms with van der Waals surface area (Å²) in [6.45, 7) is -0.402. The summed E-state index contributed by atoms with van der Waals surface area (Å²) in [6, 6.07) is 2.41. The molecule has 2 rings (SSSR count). The van der Waals surface area contributed by atoms with Gasteiger partial charge in [0.2, 0.25) is 0 Å². The van der Waals surface area contributed by atoms with Crippen LogP contribution in [0.4, 0.5) is 5.69 Å². The van der Waals surface area contributed by atoms with E-state index in [2.05, 4.69) is 4.74 Å². The Morgan fingerprint density at radius 1 is 1.12 bits per heavy atom. The lowest BCUT2D eigenvalue weighted by molar-refractivity contribution is -0.140. The van der Waals surface area contributed by atoms with Crippen molar-refractivity contribution < 1.29 is 33.7 Å². The summed E-state index contributed by atoms with van der Waals surface area (Å²) < 4.78 is 14.6. The third-order valence-corrected chi connectivity index (χ3v) is 4.12. The van der Waals surface area contributed by atoms with E-state index < -0.39 is 17.9 Å². The molecule has 0 aliphatic carbocycles. The number of carbonyl (C=O) groups excluding carboxylic acids is 2. The molecule has 1 N–H and O–H groups in total. The monoisotopic (exact) mass is 389 g/mol. The molecule has 1 aromatic rings. The van der Waals surface area contributed by atoms with Crippen LogP contribution in [0.5, 0.6) is 0 Å². The third kappa shape index (κ3) is 3.71. The van der Waals surface area contributed by atoms with Crippen molar-refractivity contribution in [3.63, 3.8) is 0 Å². The molecule has 0 spiro atoms. The molecule has 0 saturated carbocycles. The molecule has 0 aromatic heterocycles. The van der Waals surface area contributed by atoms with Crippen LogP contribution < -0.4 is 4.90 Å². The molecular formula is C15H13Cl2NO7. The van der Waals surface area contributed by atoms with E-state index in [1.54, 1.807) is 0 Å². The number of halogens is 2. The minimum atomic E-state index is -1.30. The summed E-state index contributed by atoms with van der Waals surface area (Å²) in [5.74, 6) is -2.96. The number of nitrogens with zero attached hydrogens (tertiary/aromatic N) is 1. The first-order valence-corrected chi connectivity index (χ1v) is 7.54. The maximum atomic E-state index is 12.2. The molecule has 0 atom stereocenters. The molecule has 10 heteroatoms. The van der Waals surface area contributed by atoms with Gasteiger partial charge in [0.25, 0.3) is 0 Å². The SMILES string of the molecule is COC(=O)C1=C(C(=O)OC)N(c2cc(Cl)c(Cl)cc2C(=O)O)COC1. The Morgan fingerprint density at radius 3 is 2.28 bits per heavy atom. The zero-order valence-corrected chi connectivity index (χ0v) is 14.7. The Kier molecular flexibility index (Phi) is 5.89. The minimum Gasteiger partial charge on any atom is -0.478 e. The summed E-state index contributed by atoms with van der Waals surface area (Å²) in [6.07, 6.45) is 0. The van der Waals surface area contributed by atoms with Gasteiger partial charge in [-0.25, -0.2) is 14.4 Å². The fourth-order valence-electron chi connectivity index (χ4n) is 2.26. The van der Waals surface area contributed by atoms with Crippen molar-refractivity contribution >= 4 is 46.8 Å². The first-order valence-electron chi connectivity index (χ1n) is 6.79. The predicted octanol–water partition coefficient (Wildman–Crippen LogP) is 2.09. The molecule has 8 nitrogen and oxygen atoms in total. The molecule has 0 unspecified atom stereocenters. The molecule has 1 aliphatic heterocycles. The smallest absolute Gasteiger partial charge is 0.355 e. The van der Waals surface area contributed by atoms with Crippen LogP contribution in [-0.4, -0.2) is 50.6 Å². The van der Waals surface area contributed by atoms with Crippen LogP contribution in [0.2, 0.25) is 10.0 Å². The molecule has 1 aliphatic rings. The number of methoxy groups -OCH3 is 2. The maximum Gasteiger partial charge on any atom is 0.355 e. The molecule has 25 heavy (non-hydrogen) atoms. The van der Waals surface area contributed by atoms with Gasteiger partial charge in [0.1, 0.15) is 12.4 Å². The highest BCUT2D eigenvalue weighted by atomic mass is 35.5. The molecule has 1 heterocycles. The normalized spacial score (nSPS) is 14.3. The molecule has 134 valence electrons. The number of aromatic carboxylic acids is 1. The highest BCUT2D eigenvalue weighted by molar-refractivity contribution is 6.42. The zero-order valence-electron chi connectivity index (χ0n) is 13.2. The fourth-order valence-corrected chi connectivity index (χ4v) is 2.59. The van der Waals surface area contributed by atoms with Gasteiger partial charge >= 0.3 is 17.9 Å². The largest absolute Gasteiger partial charge is 0.478 e. The predicted molar refractivity (Wildman–Crippen MR) is 87.8 cm³/mol. The average Bonchev–Trinajstić information content (AvgIpc) is 2.61. The van der Waals surface area contributed by atoms with Gasteiger partial charge in [0, 0.05) is 0 Å². The fraction of sp³-hybridized carbons (Fsp3) is 0.267. The van der Waals surface area contributed by atoms with Gasteiger partial charge in [0.15, 0.2) is 0 Å². The molecule has 1 aromatic carbocycles. The number of hydrogen-bond donors (Lipinski definition) is 1. The van der Waals surface area contributed by atoms with Gasteiger partial charge < -0.3 is 24.2 Å². The zero-order chi connectivity index (χ0) is 18.7. The number of carboxylic acid groups (broad SMARTS) is 1. The van der Waals surface area contributed by atoms with E-state index in [-0.39, 0.29) is 45.9 Å². The lowest BCUT2D eigenvalue weighted by Crippen LogP contribution is -2.39. The van der Waals surface area contributed by atoms with Crippen LogP contribution in [0.1, 0.15) is 10.4 Å². The summed E-state index contributed by atoms with van der Waals surface area (Å²) in [5.41, 5.74) is -0.515. The highest BCUT2D eigenvalue weighted by Crippen LogP contribution is 2.35. The Bertz CT molecular complexity index is 775. The highest BCUT2D eigenvalue weighted by Gasteiger charge is 2.34. The van der Waals surface area contributed by atoms with Crippen molar-refractivity contribution in [2.45, 2.75) is 0 Å².